The molecule has 1 aromatic rings. The van der Waals surface area contributed by atoms with Gasteiger partial charge in [0.1, 0.15) is 0 Å². The molecule has 0 aliphatic carbocycles. The van der Waals surface area contributed by atoms with Gasteiger partial charge in [0.05, 0.1) is 13.0 Å². The van der Waals surface area contributed by atoms with Crippen LogP contribution in [0, 0.1) is 0 Å². The molecule has 6 heteroatoms. The van der Waals surface area contributed by atoms with Crippen LogP contribution in [-0.4, -0.2) is 42.5 Å². The maximum absolute atomic E-state index is 10.6. The van der Waals surface area contributed by atoms with Gasteiger partial charge in [0.25, 0.3) is 0 Å². The van der Waals surface area contributed by atoms with Crippen LogP contribution in [0.4, 0.5) is 0 Å². The lowest BCUT2D eigenvalue weighted by Gasteiger charge is -2.15. The van der Waals surface area contributed by atoms with Crippen LogP contribution in [0.3, 0.4) is 0 Å². The van der Waals surface area contributed by atoms with E-state index in [2.05, 4.69) is 5.32 Å². The van der Waals surface area contributed by atoms with Crippen LogP contribution in [-0.2, 0) is 22.5 Å². The second-order valence-electron chi connectivity index (χ2n) is 3.98. The summed E-state index contributed by atoms with van der Waals surface area (Å²) >= 11 is 1.49. The Bertz CT molecular complexity index is 361. The standard InChI is InChI=1S/C12H19NO4S/c1-17-8-9(4-5-14)13-7-11-3-2-10(18-11)6-12(15)16/h2-3,9,13-14H,4-8H2,1H3,(H,15,16). The van der Waals surface area contributed by atoms with Gasteiger partial charge in [-0.2, -0.15) is 0 Å². The van der Waals surface area contributed by atoms with E-state index in [-0.39, 0.29) is 19.1 Å². The molecule has 0 spiro atoms. The minimum Gasteiger partial charge on any atom is -0.481 e. The Kier molecular flexibility index (Phi) is 6.89. The first-order valence-corrected chi connectivity index (χ1v) is 6.60. The van der Waals surface area contributed by atoms with Gasteiger partial charge in [-0.3, -0.25) is 4.79 Å². The van der Waals surface area contributed by atoms with Crippen molar-refractivity contribution in [3.05, 3.63) is 21.9 Å². The number of aliphatic hydroxyl groups excluding tert-OH is 1. The van der Waals surface area contributed by atoms with Crippen LogP contribution >= 0.6 is 11.3 Å². The Morgan fingerprint density at radius 3 is 2.83 bits per heavy atom. The maximum Gasteiger partial charge on any atom is 0.308 e. The molecule has 0 radical (unpaired) electrons. The van der Waals surface area contributed by atoms with E-state index in [4.69, 9.17) is 14.9 Å². The van der Waals surface area contributed by atoms with Gasteiger partial charge < -0.3 is 20.3 Å². The average molecular weight is 273 g/mol. The van der Waals surface area contributed by atoms with Gasteiger partial charge in [-0.05, 0) is 18.6 Å². The summed E-state index contributed by atoms with van der Waals surface area (Å²) in [6, 6.07) is 3.89. The second kappa shape index (κ2) is 8.20. The first kappa shape index (κ1) is 15.1. The molecule has 18 heavy (non-hydrogen) atoms. The van der Waals surface area contributed by atoms with E-state index < -0.39 is 5.97 Å². The topological polar surface area (TPSA) is 78.8 Å². The zero-order chi connectivity index (χ0) is 13.4. The van der Waals surface area contributed by atoms with Crippen molar-refractivity contribution in [2.24, 2.45) is 0 Å². The summed E-state index contributed by atoms with van der Waals surface area (Å²) in [5, 5.41) is 20.9. The Hall–Kier alpha value is -0.950. The van der Waals surface area contributed by atoms with Crippen molar-refractivity contribution in [1.29, 1.82) is 0 Å². The second-order valence-corrected chi connectivity index (χ2v) is 5.24. The SMILES string of the molecule is COCC(CCO)NCc1ccc(CC(=O)O)s1. The predicted octanol–water partition coefficient (Wildman–Crippen LogP) is 0.862. The molecule has 0 saturated heterocycles. The molecule has 0 aliphatic heterocycles. The molecule has 0 aromatic carbocycles. The molecule has 1 heterocycles. The Morgan fingerprint density at radius 2 is 2.22 bits per heavy atom. The van der Waals surface area contributed by atoms with Crippen LogP contribution < -0.4 is 5.32 Å². The van der Waals surface area contributed by atoms with Gasteiger partial charge >= 0.3 is 5.97 Å². The van der Waals surface area contributed by atoms with Crippen LogP contribution in [0.5, 0.6) is 0 Å². The third kappa shape index (κ3) is 5.59. The summed E-state index contributed by atoms with van der Waals surface area (Å²) in [4.78, 5) is 12.5. The van der Waals surface area contributed by atoms with E-state index in [1.165, 1.54) is 11.3 Å². The number of hydrogen-bond acceptors (Lipinski definition) is 5. The van der Waals surface area contributed by atoms with Gasteiger partial charge in [0.2, 0.25) is 0 Å². The highest BCUT2D eigenvalue weighted by Crippen LogP contribution is 2.17. The number of carbonyl (C=O) groups is 1. The number of carboxylic acids is 1. The van der Waals surface area contributed by atoms with Gasteiger partial charge in [-0.1, -0.05) is 0 Å². The van der Waals surface area contributed by atoms with Crippen LogP contribution in [0.1, 0.15) is 16.2 Å². The van der Waals surface area contributed by atoms with E-state index in [1.807, 2.05) is 12.1 Å². The van der Waals surface area contributed by atoms with Crippen molar-refractivity contribution < 1.29 is 19.7 Å². The Labute approximate surface area is 110 Å². The molecule has 1 unspecified atom stereocenters. The lowest BCUT2D eigenvalue weighted by molar-refractivity contribution is -0.136. The number of ether oxygens (including phenoxy) is 1. The van der Waals surface area contributed by atoms with Crippen molar-refractivity contribution in [2.45, 2.75) is 25.4 Å². The zero-order valence-corrected chi connectivity index (χ0v) is 11.2. The smallest absolute Gasteiger partial charge is 0.308 e. The van der Waals surface area contributed by atoms with Gasteiger partial charge in [-0.15, -0.1) is 11.3 Å². The number of carboxylic acid groups (broad SMARTS) is 1. The monoisotopic (exact) mass is 273 g/mol. The van der Waals surface area contributed by atoms with Crippen molar-refractivity contribution in [3.8, 4) is 0 Å². The summed E-state index contributed by atoms with van der Waals surface area (Å²) in [6.07, 6.45) is 0.712. The number of aliphatic carboxylic acids is 1. The van der Waals surface area contributed by atoms with Gasteiger partial charge in [0, 0.05) is 36.1 Å². The van der Waals surface area contributed by atoms with Crippen molar-refractivity contribution >= 4 is 17.3 Å². The molecule has 0 bridgehead atoms. The van der Waals surface area contributed by atoms with E-state index >= 15 is 0 Å². The highest BCUT2D eigenvalue weighted by molar-refractivity contribution is 7.12. The normalized spacial score (nSPS) is 12.6. The highest BCUT2D eigenvalue weighted by atomic mass is 32.1. The molecule has 102 valence electrons. The summed E-state index contributed by atoms with van der Waals surface area (Å²) < 4.78 is 5.05. The number of nitrogens with one attached hydrogen (secondary N) is 1. The first-order chi connectivity index (χ1) is 8.65. The molecular formula is C12H19NO4S. The molecule has 0 fully saturated rings. The van der Waals surface area contributed by atoms with Gasteiger partial charge in [0.15, 0.2) is 0 Å². The molecular weight excluding hydrogens is 254 g/mol. The molecule has 5 nitrogen and oxygen atoms in total. The fraction of sp³-hybridized carbons (Fsp3) is 0.583. The number of aliphatic hydroxyl groups is 1. The van der Waals surface area contributed by atoms with Crippen LogP contribution in [0.15, 0.2) is 12.1 Å². The highest BCUT2D eigenvalue weighted by Gasteiger charge is 2.09. The Balaban J connectivity index is 2.41. The summed E-state index contributed by atoms with van der Waals surface area (Å²) in [7, 11) is 1.63. The third-order valence-corrected chi connectivity index (χ3v) is 3.54. The molecule has 1 aromatic heterocycles. The lowest BCUT2D eigenvalue weighted by atomic mass is 10.2. The van der Waals surface area contributed by atoms with Crippen molar-refractivity contribution in [1.82, 2.24) is 5.32 Å². The summed E-state index contributed by atoms with van der Waals surface area (Å²) in [5.74, 6) is -0.811. The zero-order valence-electron chi connectivity index (χ0n) is 10.4. The quantitative estimate of drug-likeness (QED) is 0.622. The van der Waals surface area contributed by atoms with Gasteiger partial charge in [-0.25, -0.2) is 0 Å². The lowest BCUT2D eigenvalue weighted by Crippen LogP contribution is -2.33. The number of methoxy groups -OCH3 is 1. The average Bonchev–Trinajstić information content (AvgIpc) is 2.73. The summed E-state index contributed by atoms with van der Waals surface area (Å²) in [6.45, 7) is 1.34. The number of hydrogen-bond donors (Lipinski definition) is 3. The fourth-order valence-corrected chi connectivity index (χ4v) is 2.57. The predicted molar refractivity (Wildman–Crippen MR) is 69.9 cm³/mol. The minimum atomic E-state index is -0.811. The number of rotatable bonds is 9. The molecule has 3 N–H and O–H groups in total. The minimum absolute atomic E-state index is 0.0722. The van der Waals surface area contributed by atoms with E-state index in [9.17, 15) is 4.79 Å². The fourth-order valence-electron chi connectivity index (χ4n) is 1.61. The van der Waals surface area contributed by atoms with Crippen molar-refractivity contribution in [3.63, 3.8) is 0 Å². The first-order valence-electron chi connectivity index (χ1n) is 5.78. The Morgan fingerprint density at radius 1 is 1.50 bits per heavy atom. The largest absolute Gasteiger partial charge is 0.481 e. The molecule has 0 saturated carbocycles. The molecule has 1 rings (SSSR count). The molecule has 1 atom stereocenters. The molecule has 0 amide bonds. The van der Waals surface area contributed by atoms with E-state index in [1.54, 1.807) is 7.11 Å². The maximum atomic E-state index is 10.6. The van der Waals surface area contributed by atoms with Crippen LogP contribution in [0.2, 0.25) is 0 Å². The van der Waals surface area contributed by atoms with E-state index in [0.29, 0.717) is 19.6 Å². The summed E-state index contributed by atoms with van der Waals surface area (Å²) in [5.41, 5.74) is 0. The van der Waals surface area contributed by atoms with Crippen molar-refractivity contribution in [2.75, 3.05) is 20.3 Å². The molecule has 0 aliphatic rings. The third-order valence-electron chi connectivity index (χ3n) is 2.45. The number of thiophene rings is 1. The van der Waals surface area contributed by atoms with Crippen LogP contribution in [0.25, 0.3) is 0 Å². The van der Waals surface area contributed by atoms with E-state index in [0.717, 1.165) is 9.75 Å².